The van der Waals surface area contributed by atoms with E-state index >= 15 is 0 Å². The summed E-state index contributed by atoms with van der Waals surface area (Å²) in [4.78, 5) is 9.13. The lowest BCUT2D eigenvalue weighted by Gasteiger charge is -2.34. The zero-order chi connectivity index (χ0) is 15.2. The molecule has 1 unspecified atom stereocenters. The van der Waals surface area contributed by atoms with E-state index in [1.54, 1.807) is 12.1 Å². The van der Waals surface area contributed by atoms with Crippen LogP contribution in [0.25, 0.3) is 11.4 Å². The lowest BCUT2D eigenvalue weighted by Crippen LogP contribution is -2.30. The Hall–Kier alpha value is -1.16. The second-order valence-electron chi connectivity index (χ2n) is 6.37. The van der Waals surface area contributed by atoms with Gasteiger partial charge in [-0.25, -0.2) is 9.97 Å². The van der Waals surface area contributed by atoms with Gasteiger partial charge in [0.1, 0.15) is 0 Å². The fraction of sp³-hybridized carbons (Fsp3) is 0.375. The first kappa shape index (κ1) is 14.8. The van der Waals surface area contributed by atoms with Crippen molar-refractivity contribution in [2.45, 2.75) is 32.7 Å². The van der Waals surface area contributed by atoms with E-state index in [1.807, 2.05) is 12.3 Å². The van der Waals surface area contributed by atoms with Crippen LogP contribution < -0.4 is 5.73 Å². The highest BCUT2D eigenvalue weighted by atomic mass is 35.5. The van der Waals surface area contributed by atoms with Gasteiger partial charge in [-0.3, -0.25) is 0 Å². The van der Waals surface area contributed by atoms with Crippen molar-refractivity contribution < 1.29 is 0 Å². The molecule has 1 aliphatic carbocycles. The SMILES string of the molecule is CC1(C)Cc2nc(-c3ccc(Cl)cc3Cl)ncc2C(N)C1. The van der Waals surface area contributed by atoms with E-state index in [2.05, 4.69) is 18.8 Å². The number of halogens is 2. The fourth-order valence-corrected chi connectivity index (χ4v) is 3.40. The van der Waals surface area contributed by atoms with Gasteiger partial charge in [0.2, 0.25) is 0 Å². The Morgan fingerprint density at radius 2 is 2.05 bits per heavy atom. The minimum atomic E-state index is -0.00140. The van der Waals surface area contributed by atoms with E-state index in [9.17, 15) is 0 Å². The molecule has 1 heterocycles. The molecule has 0 saturated heterocycles. The average Bonchev–Trinajstić information content (AvgIpc) is 2.36. The predicted molar refractivity (Wildman–Crippen MR) is 86.5 cm³/mol. The first-order valence-electron chi connectivity index (χ1n) is 6.92. The van der Waals surface area contributed by atoms with Crippen LogP contribution >= 0.6 is 23.2 Å². The molecule has 1 aliphatic rings. The molecule has 2 N–H and O–H groups in total. The molecular formula is C16H17Cl2N3. The third-order valence-electron chi connectivity index (χ3n) is 3.89. The number of nitrogens with zero attached hydrogens (tertiary/aromatic N) is 2. The van der Waals surface area contributed by atoms with Crippen LogP contribution in [0.4, 0.5) is 0 Å². The summed E-state index contributed by atoms with van der Waals surface area (Å²) in [6.07, 6.45) is 3.68. The molecule has 0 aliphatic heterocycles. The Kier molecular flexibility index (Phi) is 3.68. The monoisotopic (exact) mass is 321 g/mol. The number of aromatic nitrogens is 2. The normalized spacial score (nSPS) is 20.1. The third kappa shape index (κ3) is 2.91. The van der Waals surface area contributed by atoms with Gasteiger partial charge in [0.25, 0.3) is 0 Å². The molecule has 3 rings (SSSR count). The van der Waals surface area contributed by atoms with Gasteiger partial charge in [0.05, 0.1) is 5.02 Å². The maximum atomic E-state index is 6.24. The molecule has 5 heteroatoms. The van der Waals surface area contributed by atoms with Crippen molar-refractivity contribution in [3.63, 3.8) is 0 Å². The van der Waals surface area contributed by atoms with Gasteiger partial charge in [-0.05, 0) is 36.5 Å². The zero-order valence-corrected chi connectivity index (χ0v) is 13.5. The number of rotatable bonds is 1. The Balaban J connectivity index is 2.07. The van der Waals surface area contributed by atoms with Gasteiger partial charge >= 0.3 is 0 Å². The van der Waals surface area contributed by atoms with E-state index in [-0.39, 0.29) is 11.5 Å². The van der Waals surface area contributed by atoms with Gasteiger partial charge in [0, 0.05) is 34.1 Å². The van der Waals surface area contributed by atoms with Crippen LogP contribution in [-0.4, -0.2) is 9.97 Å². The number of hydrogen-bond donors (Lipinski definition) is 1. The number of hydrogen-bond acceptors (Lipinski definition) is 3. The molecule has 0 amide bonds. The Morgan fingerprint density at radius 3 is 2.76 bits per heavy atom. The van der Waals surface area contributed by atoms with Gasteiger partial charge in [0.15, 0.2) is 5.82 Å². The highest BCUT2D eigenvalue weighted by Crippen LogP contribution is 2.39. The van der Waals surface area contributed by atoms with Crippen LogP contribution in [0.1, 0.15) is 37.6 Å². The van der Waals surface area contributed by atoms with Gasteiger partial charge in [-0.1, -0.05) is 37.0 Å². The van der Waals surface area contributed by atoms with E-state index in [0.29, 0.717) is 15.9 Å². The summed E-state index contributed by atoms with van der Waals surface area (Å²) in [6.45, 7) is 4.43. The van der Waals surface area contributed by atoms with Gasteiger partial charge in [-0.2, -0.15) is 0 Å². The Bertz CT molecular complexity index is 698. The van der Waals surface area contributed by atoms with Crippen molar-refractivity contribution in [3.8, 4) is 11.4 Å². The minimum Gasteiger partial charge on any atom is -0.324 e. The molecule has 0 spiro atoms. The van der Waals surface area contributed by atoms with E-state index in [0.717, 1.165) is 29.7 Å². The first-order valence-corrected chi connectivity index (χ1v) is 7.68. The molecule has 21 heavy (non-hydrogen) atoms. The molecule has 3 nitrogen and oxygen atoms in total. The molecule has 0 bridgehead atoms. The summed E-state index contributed by atoms with van der Waals surface area (Å²) in [6, 6.07) is 5.34. The van der Waals surface area contributed by atoms with Crippen molar-refractivity contribution in [1.82, 2.24) is 9.97 Å². The number of benzene rings is 1. The molecule has 110 valence electrons. The van der Waals surface area contributed by atoms with Crippen molar-refractivity contribution >= 4 is 23.2 Å². The van der Waals surface area contributed by atoms with Crippen molar-refractivity contribution in [3.05, 3.63) is 45.7 Å². The van der Waals surface area contributed by atoms with E-state index in [1.165, 1.54) is 0 Å². The molecular weight excluding hydrogens is 305 g/mol. The van der Waals surface area contributed by atoms with Crippen LogP contribution in [0.5, 0.6) is 0 Å². The summed E-state index contributed by atoms with van der Waals surface area (Å²) >= 11 is 12.2. The standard InChI is InChI=1S/C16H17Cl2N3/c1-16(2)6-13(19)11-8-20-15(21-14(11)7-16)10-4-3-9(17)5-12(10)18/h3-5,8,13H,6-7,19H2,1-2H3. The lowest BCUT2D eigenvalue weighted by atomic mass is 9.74. The van der Waals surface area contributed by atoms with E-state index in [4.69, 9.17) is 33.9 Å². The number of nitrogens with two attached hydrogens (primary N) is 1. The van der Waals surface area contributed by atoms with E-state index < -0.39 is 0 Å². The summed E-state index contributed by atoms with van der Waals surface area (Å²) in [5.41, 5.74) is 9.25. The summed E-state index contributed by atoms with van der Waals surface area (Å²) < 4.78 is 0. The smallest absolute Gasteiger partial charge is 0.160 e. The first-order chi connectivity index (χ1) is 9.85. The van der Waals surface area contributed by atoms with Crippen LogP contribution in [0.3, 0.4) is 0 Å². The van der Waals surface area contributed by atoms with Crippen LogP contribution in [0.2, 0.25) is 10.0 Å². The lowest BCUT2D eigenvalue weighted by molar-refractivity contribution is 0.278. The average molecular weight is 322 g/mol. The third-order valence-corrected chi connectivity index (χ3v) is 4.44. The molecule has 1 aromatic carbocycles. The molecule has 1 aromatic heterocycles. The fourth-order valence-electron chi connectivity index (χ4n) is 2.91. The second kappa shape index (κ2) is 5.24. The topological polar surface area (TPSA) is 51.8 Å². The summed E-state index contributed by atoms with van der Waals surface area (Å²) in [5.74, 6) is 0.625. The molecule has 0 radical (unpaired) electrons. The predicted octanol–water partition coefficient (Wildman–Crippen LogP) is 4.42. The van der Waals surface area contributed by atoms with Crippen molar-refractivity contribution in [1.29, 1.82) is 0 Å². The molecule has 0 saturated carbocycles. The molecule has 2 aromatic rings. The van der Waals surface area contributed by atoms with Crippen molar-refractivity contribution in [2.24, 2.45) is 11.1 Å². The van der Waals surface area contributed by atoms with Crippen LogP contribution in [0.15, 0.2) is 24.4 Å². The van der Waals surface area contributed by atoms with Gasteiger partial charge < -0.3 is 5.73 Å². The maximum Gasteiger partial charge on any atom is 0.160 e. The highest BCUT2D eigenvalue weighted by molar-refractivity contribution is 6.36. The molecule has 0 fully saturated rings. The summed E-state index contributed by atoms with van der Waals surface area (Å²) in [5, 5.41) is 1.16. The zero-order valence-electron chi connectivity index (χ0n) is 12.0. The second-order valence-corrected chi connectivity index (χ2v) is 7.22. The Morgan fingerprint density at radius 1 is 1.29 bits per heavy atom. The summed E-state index contributed by atoms with van der Waals surface area (Å²) in [7, 11) is 0. The van der Waals surface area contributed by atoms with Crippen molar-refractivity contribution in [2.75, 3.05) is 0 Å². The van der Waals surface area contributed by atoms with Gasteiger partial charge in [-0.15, -0.1) is 0 Å². The quantitative estimate of drug-likeness (QED) is 0.845. The van der Waals surface area contributed by atoms with Crippen LogP contribution in [0, 0.1) is 5.41 Å². The number of fused-ring (bicyclic) bond motifs is 1. The largest absolute Gasteiger partial charge is 0.324 e. The molecule has 1 atom stereocenters. The minimum absolute atomic E-state index is 0.00140. The highest BCUT2D eigenvalue weighted by Gasteiger charge is 2.31. The Labute approximate surface area is 134 Å². The maximum absolute atomic E-state index is 6.24. The van der Waals surface area contributed by atoms with Crippen LogP contribution in [-0.2, 0) is 6.42 Å².